The topological polar surface area (TPSA) is 60.0 Å². The van der Waals surface area contributed by atoms with Crippen LogP contribution in [0.3, 0.4) is 0 Å². The van der Waals surface area contributed by atoms with Gasteiger partial charge in [0.25, 0.3) is 0 Å². The van der Waals surface area contributed by atoms with E-state index in [2.05, 4.69) is 76.5 Å². The van der Waals surface area contributed by atoms with Crippen molar-refractivity contribution in [2.75, 3.05) is 11.4 Å². The van der Waals surface area contributed by atoms with Gasteiger partial charge in [0, 0.05) is 23.5 Å². The minimum Gasteiger partial charge on any atom is -0.361 e. The lowest BCUT2D eigenvalue weighted by Gasteiger charge is -2.26. The fraction of sp³-hybridized carbons (Fsp3) is 0.227. The van der Waals surface area contributed by atoms with Crippen molar-refractivity contribution in [2.45, 2.75) is 27.7 Å². The number of aryl methyl sites for hydroxylation is 3. The van der Waals surface area contributed by atoms with Gasteiger partial charge in [-0.15, -0.1) is 0 Å². The van der Waals surface area contributed by atoms with Crippen molar-refractivity contribution in [2.24, 2.45) is 0 Å². The number of hydrogen-bond donors (Lipinski definition) is 0. The van der Waals surface area contributed by atoms with Crippen LogP contribution in [0.15, 0.2) is 59.6 Å². The molecular formula is C22H23N5O. The van der Waals surface area contributed by atoms with E-state index in [1.165, 1.54) is 17.6 Å². The molecule has 0 spiro atoms. The molecule has 4 rings (SSSR count). The van der Waals surface area contributed by atoms with E-state index in [4.69, 9.17) is 4.52 Å². The normalized spacial score (nSPS) is 11.0. The first-order valence-electron chi connectivity index (χ1n) is 9.35. The Morgan fingerprint density at radius 1 is 1.04 bits per heavy atom. The molecule has 0 aliphatic carbocycles. The summed E-state index contributed by atoms with van der Waals surface area (Å²) in [6.45, 7) is 9.09. The zero-order valence-electron chi connectivity index (χ0n) is 16.5. The minimum atomic E-state index is 0.840. The second-order valence-electron chi connectivity index (χ2n) is 6.80. The van der Waals surface area contributed by atoms with Gasteiger partial charge < -0.3 is 9.42 Å². The third kappa shape index (κ3) is 3.17. The maximum Gasteiger partial charge on any atom is 0.141 e. The lowest BCUT2D eigenvalue weighted by Crippen LogP contribution is -2.17. The molecule has 28 heavy (non-hydrogen) atoms. The van der Waals surface area contributed by atoms with Crippen LogP contribution in [0.4, 0.5) is 11.4 Å². The van der Waals surface area contributed by atoms with Gasteiger partial charge in [-0.3, -0.25) is 0 Å². The average Bonchev–Trinajstić information content (AvgIpc) is 3.35. The van der Waals surface area contributed by atoms with Crippen LogP contribution < -0.4 is 4.90 Å². The van der Waals surface area contributed by atoms with Crippen LogP contribution in [0, 0.1) is 20.8 Å². The number of hydrogen-bond acceptors (Lipinski definition) is 5. The number of nitrogens with zero attached hydrogens (tertiary/aromatic N) is 5. The van der Waals surface area contributed by atoms with Gasteiger partial charge >= 0.3 is 0 Å². The van der Waals surface area contributed by atoms with E-state index in [1.807, 2.05) is 13.8 Å². The molecule has 0 radical (unpaired) electrons. The summed E-state index contributed by atoms with van der Waals surface area (Å²) in [5, 5.41) is 8.29. The SMILES string of the molecule is CCN(c1ccc(-n2cncn2)cc1)c1cc(-c2c(C)noc2C)ccc1C. The van der Waals surface area contributed by atoms with Gasteiger partial charge in [0.05, 0.1) is 11.4 Å². The van der Waals surface area contributed by atoms with E-state index in [0.29, 0.717) is 0 Å². The Labute approximate surface area is 164 Å². The third-order valence-electron chi connectivity index (χ3n) is 4.98. The largest absolute Gasteiger partial charge is 0.361 e. The minimum absolute atomic E-state index is 0.840. The van der Waals surface area contributed by atoms with E-state index < -0.39 is 0 Å². The first-order valence-corrected chi connectivity index (χ1v) is 9.35. The molecule has 2 aromatic carbocycles. The smallest absolute Gasteiger partial charge is 0.141 e. The fourth-order valence-corrected chi connectivity index (χ4v) is 3.57. The van der Waals surface area contributed by atoms with E-state index in [1.54, 1.807) is 11.0 Å². The highest BCUT2D eigenvalue weighted by Gasteiger charge is 2.16. The summed E-state index contributed by atoms with van der Waals surface area (Å²) < 4.78 is 7.12. The van der Waals surface area contributed by atoms with E-state index in [-0.39, 0.29) is 0 Å². The Kier molecular flexibility index (Phi) is 4.69. The molecule has 142 valence electrons. The Bertz CT molecular complexity index is 1060. The lowest BCUT2D eigenvalue weighted by atomic mass is 10.0. The molecule has 4 aromatic rings. The van der Waals surface area contributed by atoms with Gasteiger partial charge in [-0.25, -0.2) is 9.67 Å². The lowest BCUT2D eigenvalue weighted by molar-refractivity contribution is 0.393. The van der Waals surface area contributed by atoms with Crippen LogP contribution in [0.5, 0.6) is 0 Å². The van der Waals surface area contributed by atoms with Crippen LogP contribution in [-0.2, 0) is 0 Å². The summed E-state index contributed by atoms with van der Waals surface area (Å²) in [6, 6.07) is 14.8. The highest BCUT2D eigenvalue weighted by atomic mass is 16.5. The van der Waals surface area contributed by atoms with E-state index >= 15 is 0 Å². The van der Waals surface area contributed by atoms with Gasteiger partial charge in [-0.2, -0.15) is 5.10 Å². The quantitative estimate of drug-likeness (QED) is 0.492. The van der Waals surface area contributed by atoms with Crippen molar-refractivity contribution >= 4 is 11.4 Å². The number of benzene rings is 2. The van der Waals surface area contributed by atoms with Crippen LogP contribution in [0.25, 0.3) is 16.8 Å². The number of rotatable bonds is 5. The van der Waals surface area contributed by atoms with E-state index in [0.717, 1.165) is 40.5 Å². The summed E-state index contributed by atoms with van der Waals surface area (Å²) in [7, 11) is 0. The van der Waals surface area contributed by atoms with Crippen LogP contribution in [-0.4, -0.2) is 26.5 Å². The number of anilines is 2. The van der Waals surface area contributed by atoms with Gasteiger partial charge in [0.2, 0.25) is 0 Å². The molecule has 0 amide bonds. The summed E-state index contributed by atoms with van der Waals surface area (Å²) in [6.07, 6.45) is 3.24. The summed E-state index contributed by atoms with van der Waals surface area (Å²) in [5.41, 5.74) is 7.61. The molecule has 2 aromatic heterocycles. The Hall–Kier alpha value is -3.41. The monoisotopic (exact) mass is 373 g/mol. The Morgan fingerprint density at radius 2 is 1.82 bits per heavy atom. The average molecular weight is 373 g/mol. The number of aromatic nitrogens is 4. The van der Waals surface area contributed by atoms with Crippen LogP contribution >= 0.6 is 0 Å². The third-order valence-corrected chi connectivity index (χ3v) is 4.98. The summed E-state index contributed by atoms with van der Waals surface area (Å²) in [5.74, 6) is 0.840. The van der Waals surface area contributed by atoms with Crippen molar-refractivity contribution in [1.29, 1.82) is 0 Å². The molecule has 2 heterocycles. The van der Waals surface area contributed by atoms with Crippen molar-refractivity contribution in [3.8, 4) is 16.8 Å². The Morgan fingerprint density at radius 3 is 2.43 bits per heavy atom. The zero-order valence-corrected chi connectivity index (χ0v) is 16.5. The van der Waals surface area contributed by atoms with E-state index in [9.17, 15) is 0 Å². The summed E-state index contributed by atoms with van der Waals surface area (Å²) in [4.78, 5) is 6.32. The molecule has 0 aliphatic heterocycles. The first-order chi connectivity index (χ1) is 13.6. The highest BCUT2D eigenvalue weighted by Crippen LogP contribution is 2.35. The van der Waals surface area contributed by atoms with Crippen molar-refractivity contribution in [3.63, 3.8) is 0 Å². The molecule has 0 bridgehead atoms. The van der Waals surface area contributed by atoms with Gasteiger partial charge in [-0.05, 0) is 69.2 Å². The second-order valence-corrected chi connectivity index (χ2v) is 6.80. The molecule has 6 nitrogen and oxygen atoms in total. The molecule has 0 aliphatic rings. The van der Waals surface area contributed by atoms with Crippen LogP contribution in [0.2, 0.25) is 0 Å². The molecule has 0 saturated heterocycles. The van der Waals surface area contributed by atoms with Crippen molar-refractivity contribution in [3.05, 3.63) is 72.1 Å². The van der Waals surface area contributed by atoms with Crippen LogP contribution in [0.1, 0.15) is 23.9 Å². The predicted octanol–water partition coefficient (Wildman–Crippen LogP) is 5.01. The predicted molar refractivity (Wildman–Crippen MR) is 110 cm³/mol. The van der Waals surface area contributed by atoms with Gasteiger partial charge in [0.15, 0.2) is 0 Å². The maximum atomic E-state index is 5.36. The molecule has 0 unspecified atom stereocenters. The molecular weight excluding hydrogens is 350 g/mol. The molecule has 0 atom stereocenters. The molecule has 6 heteroatoms. The van der Waals surface area contributed by atoms with Crippen molar-refractivity contribution < 1.29 is 4.52 Å². The first kappa shape index (κ1) is 18.0. The van der Waals surface area contributed by atoms with Gasteiger partial charge in [0.1, 0.15) is 18.4 Å². The zero-order chi connectivity index (χ0) is 19.7. The standard InChI is InChI=1S/C22H23N5O/c1-5-26(19-8-10-20(11-9-19)27-14-23-13-24-27)21-12-18(7-6-15(21)2)22-16(3)25-28-17(22)4/h6-14H,5H2,1-4H3. The molecule has 0 N–H and O–H groups in total. The molecule has 0 fully saturated rings. The second kappa shape index (κ2) is 7.31. The summed E-state index contributed by atoms with van der Waals surface area (Å²) >= 11 is 0. The van der Waals surface area contributed by atoms with Crippen molar-refractivity contribution in [1.82, 2.24) is 19.9 Å². The molecule has 0 saturated carbocycles. The van der Waals surface area contributed by atoms with Gasteiger partial charge in [-0.1, -0.05) is 17.3 Å². The fourth-order valence-electron chi connectivity index (χ4n) is 3.57. The highest BCUT2D eigenvalue weighted by molar-refractivity contribution is 5.76. The maximum absolute atomic E-state index is 5.36. The Balaban J connectivity index is 1.73.